The number of halogens is 1. The summed E-state index contributed by atoms with van der Waals surface area (Å²) in [6.45, 7) is 2.16. The first kappa shape index (κ1) is 14.1. The van der Waals surface area contributed by atoms with Crippen LogP contribution in [0.3, 0.4) is 0 Å². The van der Waals surface area contributed by atoms with E-state index in [0.717, 1.165) is 22.8 Å². The summed E-state index contributed by atoms with van der Waals surface area (Å²) in [5, 5.41) is 2.81. The van der Waals surface area contributed by atoms with Crippen molar-refractivity contribution >= 4 is 21.4 Å². The highest BCUT2D eigenvalue weighted by Crippen LogP contribution is 2.11. The number of sulfonamides is 1. The molecule has 0 aliphatic rings. The van der Waals surface area contributed by atoms with E-state index in [1.165, 1.54) is 23.5 Å². The maximum Gasteiger partial charge on any atom is 0.240 e. The molecule has 102 valence electrons. The molecule has 1 aromatic carbocycles. The first-order valence-electron chi connectivity index (χ1n) is 5.63. The van der Waals surface area contributed by atoms with Gasteiger partial charge >= 0.3 is 0 Å². The van der Waals surface area contributed by atoms with E-state index in [1.807, 2.05) is 12.3 Å². The van der Waals surface area contributed by atoms with Gasteiger partial charge in [0.1, 0.15) is 5.82 Å². The predicted molar refractivity (Wildman–Crippen MR) is 72.1 cm³/mol. The van der Waals surface area contributed by atoms with Crippen LogP contribution in [0.4, 0.5) is 4.39 Å². The zero-order chi connectivity index (χ0) is 13.9. The second-order valence-corrected chi connectivity index (χ2v) is 6.69. The van der Waals surface area contributed by atoms with Crippen molar-refractivity contribution in [1.82, 2.24) is 9.71 Å². The monoisotopic (exact) mass is 300 g/mol. The smallest absolute Gasteiger partial charge is 0.240 e. The highest BCUT2D eigenvalue weighted by atomic mass is 32.2. The Hall–Kier alpha value is -1.31. The van der Waals surface area contributed by atoms with Crippen LogP contribution < -0.4 is 4.72 Å². The lowest BCUT2D eigenvalue weighted by Crippen LogP contribution is -2.25. The molecule has 4 nitrogen and oxygen atoms in total. The van der Waals surface area contributed by atoms with Crippen molar-refractivity contribution < 1.29 is 12.8 Å². The topological polar surface area (TPSA) is 59.1 Å². The molecule has 7 heteroatoms. The Labute approximate surface area is 115 Å². The van der Waals surface area contributed by atoms with Gasteiger partial charge in [-0.3, -0.25) is 0 Å². The molecule has 0 bridgehead atoms. The van der Waals surface area contributed by atoms with Gasteiger partial charge in [0, 0.05) is 24.0 Å². The Morgan fingerprint density at radius 3 is 2.58 bits per heavy atom. The van der Waals surface area contributed by atoms with Crippen LogP contribution in [0.15, 0.2) is 34.5 Å². The summed E-state index contributed by atoms with van der Waals surface area (Å²) in [4.78, 5) is 4.31. The first-order valence-corrected chi connectivity index (χ1v) is 8.00. The fourth-order valence-corrected chi connectivity index (χ4v) is 3.31. The third-order valence-electron chi connectivity index (χ3n) is 2.42. The molecule has 0 unspecified atom stereocenters. The van der Waals surface area contributed by atoms with Crippen LogP contribution in [0, 0.1) is 12.7 Å². The number of hydrogen-bond donors (Lipinski definition) is 1. The zero-order valence-electron chi connectivity index (χ0n) is 10.3. The van der Waals surface area contributed by atoms with Gasteiger partial charge in [0.2, 0.25) is 10.0 Å². The van der Waals surface area contributed by atoms with Gasteiger partial charge in [-0.05, 0) is 31.2 Å². The van der Waals surface area contributed by atoms with E-state index in [1.54, 1.807) is 0 Å². The number of benzene rings is 1. The minimum atomic E-state index is -3.58. The van der Waals surface area contributed by atoms with Crippen LogP contribution in [0.2, 0.25) is 0 Å². The SMILES string of the molecule is Cc1csc(CCNS(=O)(=O)c2ccc(F)cc2)n1. The van der Waals surface area contributed by atoms with Gasteiger partial charge in [-0.25, -0.2) is 22.5 Å². The third kappa shape index (κ3) is 3.82. The summed E-state index contributed by atoms with van der Waals surface area (Å²) in [7, 11) is -3.58. The lowest BCUT2D eigenvalue weighted by molar-refractivity contribution is 0.580. The highest BCUT2D eigenvalue weighted by molar-refractivity contribution is 7.89. The van der Waals surface area contributed by atoms with E-state index >= 15 is 0 Å². The summed E-state index contributed by atoms with van der Waals surface area (Å²) in [5.41, 5.74) is 0.932. The molecule has 19 heavy (non-hydrogen) atoms. The average molecular weight is 300 g/mol. The summed E-state index contributed by atoms with van der Waals surface area (Å²) in [6.07, 6.45) is 0.541. The second-order valence-electron chi connectivity index (χ2n) is 3.98. The Balaban J connectivity index is 1.96. The minimum Gasteiger partial charge on any atom is -0.247 e. The molecule has 0 fully saturated rings. The van der Waals surface area contributed by atoms with Gasteiger partial charge in [0.25, 0.3) is 0 Å². The minimum absolute atomic E-state index is 0.0595. The summed E-state index contributed by atoms with van der Waals surface area (Å²) >= 11 is 1.50. The van der Waals surface area contributed by atoms with Gasteiger partial charge in [-0.1, -0.05) is 0 Å². The Morgan fingerprint density at radius 2 is 2.00 bits per heavy atom. The summed E-state index contributed by atoms with van der Waals surface area (Å²) in [6, 6.07) is 4.73. The largest absolute Gasteiger partial charge is 0.247 e. The number of nitrogens with zero attached hydrogens (tertiary/aromatic N) is 1. The van der Waals surface area contributed by atoms with E-state index < -0.39 is 15.8 Å². The van der Waals surface area contributed by atoms with E-state index in [-0.39, 0.29) is 11.4 Å². The van der Waals surface area contributed by atoms with Crippen LogP contribution in [0.25, 0.3) is 0 Å². The van der Waals surface area contributed by atoms with Crippen molar-refractivity contribution in [3.63, 3.8) is 0 Å². The van der Waals surface area contributed by atoms with Crippen molar-refractivity contribution in [3.8, 4) is 0 Å². The molecule has 0 saturated heterocycles. The molecule has 0 saturated carbocycles. The molecule has 0 aliphatic heterocycles. The molecule has 0 amide bonds. The molecule has 2 aromatic rings. The normalized spacial score (nSPS) is 11.7. The average Bonchev–Trinajstić information content (AvgIpc) is 2.75. The van der Waals surface area contributed by atoms with E-state index in [2.05, 4.69) is 9.71 Å². The number of aryl methyl sites for hydroxylation is 1. The fourth-order valence-electron chi connectivity index (χ4n) is 1.51. The molecular weight excluding hydrogens is 287 g/mol. The van der Waals surface area contributed by atoms with Crippen LogP contribution >= 0.6 is 11.3 Å². The molecule has 0 radical (unpaired) electrons. The van der Waals surface area contributed by atoms with Crippen molar-refractivity contribution in [2.45, 2.75) is 18.2 Å². The quantitative estimate of drug-likeness (QED) is 0.920. The molecule has 0 atom stereocenters. The van der Waals surface area contributed by atoms with Gasteiger partial charge in [-0.2, -0.15) is 0 Å². The number of hydrogen-bond acceptors (Lipinski definition) is 4. The van der Waals surface area contributed by atoms with Crippen molar-refractivity contribution in [1.29, 1.82) is 0 Å². The molecule has 0 spiro atoms. The van der Waals surface area contributed by atoms with Crippen molar-refractivity contribution in [2.24, 2.45) is 0 Å². The molecule has 1 N–H and O–H groups in total. The van der Waals surface area contributed by atoms with Crippen molar-refractivity contribution in [3.05, 3.63) is 46.2 Å². The van der Waals surface area contributed by atoms with E-state index in [0.29, 0.717) is 6.42 Å². The summed E-state index contributed by atoms with van der Waals surface area (Å²) < 4.78 is 39.0. The number of rotatable bonds is 5. The van der Waals surface area contributed by atoms with E-state index in [4.69, 9.17) is 0 Å². The third-order valence-corrected chi connectivity index (χ3v) is 4.92. The fraction of sp³-hybridized carbons (Fsp3) is 0.250. The molecule has 1 aromatic heterocycles. The van der Waals surface area contributed by atoms with E-state index in [9.17, 15) is 12.8 Å². The van der Waals surface area contributed by atoms with Gasteiger partial charge in [-0.15, -0.1) is 11.3 Å². The second kappa shape index (κ2) is 5.77. The number of thiazole rings is 1. The maximum atomic E-state index is 12.7. The number of nitrogens with one attached hydrogen (secondary N) is 1. The molecule has 0 aliphatic carbocycles. The van der Waals surface area contributed by atoms with Crippen LogP contribution in [-0.4, -0.2) is 19.9 Å². The highest BCUT2D eigenvalue weighted by Gasteiger charge is 2.13. The van der Waals surface area contributed by atoms with Gasteiger partial charge in [0.05, 0.1) is 9.90 Å². The Kier molecular flexibility index (Phi) is 4.28. The number of aromatic nitrogens is 1. The van der Waals surface area contributed by atoms with Crippen molar-refractivity contribution in [2.75, 3.05) is 6.54 Å². The molecule has 2 rings (SSSR count). The Bertz CT molecular complexity index is 651. The van der Waals surface area contributed by atoms with Gasteiger partial charge in [0.15, 0.2) is 0 Å². The lowest BCUT2D eigenvalue weighted by atomic mass is 10.4. The summed E-state index contributed by atoms with van der Waals surface area (Å²) in [5.74, 6) is -0.461. The predicted octanol–water partition coefficient (Wildman–Crippen LogP) is 2.11. The Morgan fingerprint density at radius 1 is 1.32 bits per heavy atom. The maximum absolute atomic E-state index is 12.7. The molecule has 1 heterocycles. The van der Waals surface area contributed by atoms with Gasteiger partial charge < -0.3 is 0 Å². The molecular formula is C12H13FN2O2S2. The zero-order valence-corrected chi connectivity index (χ0v) is 11.9. The van der Waals surface area contributed by atoms with Crippen LogP contribution in [-0.2, 0) is 16.4 Å². The van der Waals surface area contributed by atoms with Crippen LogP contribution in [0.5, 0.6) is 0 Å². The lowest BCUT2D eigenvalue weighted by Gasteiger charge is -2.05. The van der Waals surface area contributed by atoms with Crippen LogP contribution in [0.1, 0.15) is 10.7 Å². The standard InChI is InChI=1S/C12H13FN2O2S2/c1-9-8-18-12(15-9)6-7-14-19(16,17)11-4-2-10(13)3-5-11/h2-5,8,14H,6-7H2,1H3. The first-order chi connectivity index (χ1) is 8.97.